The minimum absolute atomic E-state index is 0.0913. The van der Waals surface area contributed by atoms with Crippen LogP contribution in [0.5, 0.6) is 0 Å². The number of carboxylic acid groups (broad SMARTS) is 1. The summed E-state index contributed by atoms with van der Waals surface area (Å²) in [5.41, 5.74) is -0.755. The van der Waals surface area contributed by atoms with Crippen LogP contribution < -0.4 is 5.32 Å². The third-order valence-corrected chi connectivity index (χ3v) is 4.78. The van der Waals surface area contributed by atoms with Gasteiger partial charge in [0.15, 0.2) is 0 Å². The fourth-order valence-electron chi connectivity index (χ4n) is 2.65. The highest BCUT2D eigenvalue weighted by Gasteiger charge is 2.39. The van der Waals surface area contributed by atoms with Crippen molar-refractivity contribution in [3.05, 3.63) is 16.6 Å². The summed E-state index contributed by atoms with van der Waals surface area (Å²) in [7, 11) is 0. The second kappa shape index (κ2) is 6.83. The largest absolute Gasteiger partial charge is 0.481 e. The molecule has 6 heteroatoms. The lowest BCUT2D eigenvalue weighted by molar-refractivity contribution is -0.151. The van der Waals surface area contributed by atoms with Crippen LogP contribution in [0.25, 0.3) is 0 Å². The number of aliphatic carboxylic acids is 1. The van der Waals surface area contributed by atoms with E-state index in [0.29, 0.717) is 25.7 Å². The monoisotopic (exact) mass is 296 g/mol. The van der Waals surface area contributed by atoms with E-state index in [1.165, 1.54) is 11.3 Å². The molecular weight excluding hydrogens is 276 g/mol. The number of amides is 1. The maximum absolute atomic E-state index is 11.8. The number of aromatic nitrogens is 1. The van der Waals surface area contributed by atoms with Crippen LogP contribution in [-0.4, -0.2) is 28.5 Å². The fourth-order valence-corrected chi connectivity index (χ4v) is 3.27. The standard InChI is InChI=1S/C14H20N2O3S/c17-11(4-5-12-15-8-9-20-12)16-10-14(13(18)19)6-2-1-3-7-14/h8-9H,1-7,10H2,(H,16,17)(H,18,19). The highest BCUT2D eigenvalue weighted by Crippen LogP contribution is 2.36. The van der Waals surface area contributed by atoms with Crippen molar-refractivity contribution >= 4 is 23.2 Å². The Morgan fingerprint density at radius 1 is 1.35 bits per heavy atom. The van der Waals surface area contributed by atoms with Crippen LogP contribution in [0.4, 0.5) is 0 Å². The van der Waals surface area contributed by atoms with Crippen molar-refractivity contribution in [3.8, 4) is 0 Å². The van der Waals surface area contributed by atoms with Gasteiger partial charge in [0, 0.05) is 31.0 Å². The first-order valence-corrected chi connectivity index (χ1v) is 7.89. The molecular formula is C14H20N2O3S. The van der Waals surface area contributed by atoms with Gasteiger partial charge in [-0.05, 0) is 12.8 Å². The highest BCUT2D eigenvalue weighted by atomic mass is 32.1. The number of carboxylic acids is 1. The molecule has 0 bridgehead atoms. The molecule has 20 heavy (non-hydrogen) atoms. The maximum Gasteiger partial charge on any atom is 0.311 e. The van der Waals surface area contributed by atoms with E-state index in [-0.39, 0.29) is 12.5 Å². The SMILES string of the molecule is O=C(CCc1nccs1)NCC1(C(=O)O)CCCCC1. The number of hydrogen-bond acceptors (Lipinski definition) is 4. The quantitative estimate of drug-likeness (QED) is 0.843. The summed E-state index contributed by atoms with van der Waals surface area (Å²) < 4.78 is 0. The number of nitrogens with zero attached hydrogens (tertiary/aromatic N) is 1. The first-order valence-electron chi connectivity index (χ1n) is 7.01. The zero-order chi connectivity index (χ0) is 14.4. The van der Waals surface area contributed by atoms with Crippen LogP contribution in [0.2, 0.25) is 0 Å². The number of carbonyl (C=O) groups is 2. The molecule has 2 rings (SSSR count). The van der Waals surface area contributed by atoms with E-state index in [1.807, 2.05) is 5.38 Å². The normalized spacial score (nSPS) is 17.6. The summed E-state index contributed by atoms with van der Waals surface area (Å²) in [5.74, 6) is -0.871. The molecule has 0 atom stereocenters. The maximum atomic E-state index is 11.8. The predicted molar refractivity (Wildman–Crippen MR) is 76.6 cm³/mol. The lowest BCUT2D eigenvalue weighted by Crippen LogP contribution is -2.44. The van der Waals surface area contributed by atoms with E-state index >= 15 is 0 Å². The summed E-state index contributed by atoms with van der Waals surface area (Å²) in [5, 5.41) is 15.0. The van der Waals surface area contributed by atoms with Gasteiger partial charge >= 0.3 is 5.97 Å². The summed E-state index contributed by atoms with van der Waals surface area (Å²) in [6, 6.07) is 0. The van der Waals surface area contributed by atoms with Crippen molar-refractivity contribution in [2.24, 2.45) is 5.41 Å². The highest BCUT2D eigenvalue weighted by molar-refractivity contribution is 7.09. The average Bonchev–Trinajstić information content (AvgIpc) is 2.97. The number of hydrogen-bond donors (Lipinski definition) is 2. The van der Waals surface area contributed by atoms with E-state index in [2.05, 4.69) is 10.3 Å². The van der Waals surface area contributed by atoms with Gasteiger partial charge in [-0.15, -0.1) is 11.3 Å². The molecule has 1 fully saturated rings. The van der Waals surface area contributed by atoms with Gasteiger partial charge < -0.3 is 10.4 Å². The van der Waals surface area contributed by atoms with Gasteiger partial charge in [-0.25, -0.2) is 4.98 Å². The molecule has 110 valence electrons. The minimum atomic E-state index is -0.780. The lowest BCUT2D eigenvalue weighted by Gasteiger charge is -2.33. The zero-order valence-electron chi connectivity index (χ0n) is 11.4. The Balaban J connectivity index is 1.80. The lowest BCUT2D eigenvalue weighted by atomic mass is 9.74. The van der Waals surface area contributed by atoms with Gasteiger partial charge in [0.2, 0.25) is 5.91 Å². The smallest absolute Gasteiger partial charge is 0.311 e. The van der Waals surface area contributed by atoms with E-state index in [0.717, 1.165) is 24.3 Å². The molecule has 0 aliphatic heterocycles. The molecule has 0 saturated heterocycles. The summed E-state index contributed by atoms with van der Waals surface area (Å²) in [4.78, 5) is 27.4. The Hall–Kier alpha value is -1.43. The second-order valence-corrected chi connectivity index (χ2v) is 6.33. The first-order chi connectivity index (χ1) is 9.62. The van der Waals surface area contributed by atoms with Crippen molar-refractivity contribution in [2.75, 3.05) is 6.54 Å². The molecule has 0 aromatic carbocycles. The van der Waals surface area contributed by atoms with E-state index in [4.69, 9.17) is 0 Å². The van der Waals surface area contributed by atoms with Crippen molar-refractivity contribution in [3.63, 3.8) is 0 Å². The van der Waals surface area contributed by atoms with Crippen molar-refractivity contribution in [1.29, 1.82) is 0 Å². The molecule has 1 saturated carbocycles. The average molecular weight is 296 g/mol. The molecule has 1 aromatic heterocycles. The Morgan fingerprint density at radius 3 is 2.70 bits per heavy atom. The number of aryl methyl sites for hydroxylation is 1. The molecule has 1 heterocycles. The second-order valence-electron chi connectivity index (χ2n) is 5.35. The van der Waals surface area contributed by atoms with E-state index < -0.39 is 11.4 Å². The van der Waals surface area contributed by atoms with Crippen LogP contribution in [0.1, 0.15) is 43.5 Å². The molecule has 1 aliphatic carbocycles. The number of nitrogens with one attached hydrogen (secondary N) is 1. The molecule has 0 spiro atoms. The topological polar surface area (TPSA) is 79.3 Å². The van der Waals surface area contributed by atoms with Crippen LogP contribution >= 0.6 is 11.3 Å². The van der Waals surface area contributed by atoms with Gasteiger partial charge in [0.25, 0.3) is 0 Å². The number of rotatable bonds is 6. The van der Waals surface area contributed by atoms with Gasteiger partial charge in [-0.2, -0.15) is 0 Å². The Bertz CT molecular complexity index is 453. The Kier molecular flexibility index (Phi) is 5.11. The van der Waals surface area contributed by atoms with E-state index in [9.17, 15) is 14.7 Å². The van der Waals surface area contributed by atoms with E-state index in [1.54, 1.807) is 6.20 Å². The summed E-state index contributed by atoms with van der Waals surface area (Å²) in [6.45, 7) is 0.249. The summed E-state index contributed by atoms with van der Waals surface area (Å²) in [6.07, 6.45) is 6.98. The molecule has 0 radical (unpaired) electrons. The molecule has 5 nitrogen and oxygen atoms in total. The van der Waals surface area contributed by atoms with Gasteiger partial charge in [-0.1, -0.05) is 19.3 Å². The Labute approximate surface area is 122 Å². The van der Waals surface area contributed by atoms with Crippen LogP contribution in [0, 0.1) is 5.41 Å². The molecule has 1 aliphatic rings. The molecule has 1 aromatic rings. The predicted octanol–water partition coefficient (Wildman–Crippen LogP) is 2.23. The number of thiazole rings is 1. The van der Waals surface area contributed by atoms with Crippen molar-refractivity contribution in [2.45, 2.75) is 44.9 Å². The van der Waals surface area contributed by atoms with Crippen LogP contribution in [-0.2, 0) is 16.0 Å². The van der Waals surface area contributed by atoms with Gasteiger partial charge in [0.1, 0.15) is 0 Å². The summed E-state index contributed by atoms with van der Waals surface area (Å²) >= 11 is 1.53. The third kappa shape index (κ3) is 3.79. The van der Waals surface area contributed by atoms with Gasteiger partial charge in [-0.3, -0.25) is 9.59 Å². The van der Waals surface area contributed by atoms with Crippen LogP contribution in [0.15, 0.2) is 11.6 Å². The fraction of sp³-hybridized carbons (Fsp3) is 0.643. The first kappa shape index (κ1) is 15.0. The van der Waals surface area contributed by atoms with Gasteiger partial charge in [0.05, 0.1) is 10.4 Å². The van der Waals surface area contributed by atoms with Crippen molar-refractivity contribution < 1.29 is 14.7 Å². The molecule has 0 unspecified atom stereocenters. The zero-order valence-corrected chi connectivity index (χ0v) is 12.2. The third-order valence-electron chi connectivity index (χ3n) is 3.94. The molecule has 1 amide bonds. The minimum Gasteiger partial charge on any atom is -0.481 e. The molecule has 2 N–H and O–H groups in total. The van der Waals surface area contributed by atoms with Crippen LogP contribution in [0.3, 0.4) is 0 Å². The number of carbonyl (C=O) groups excluding carboxylic acids is 1. The van der Waals surface area contributed by atoms with Crippen molar-refractivity contribution in [1.82, 2.24) is 10.3 Å². The Morgan fingerprint density at radius 2 is 2.10 bits per heavy atom.